The van der Waals surface area contributed by atoms with E-state index in [1.165, 1.54) is 0 Å². The Labute approximate surface area is 85.1 Å². The first-order valence-corrected chi connectivity index (χ1v) is 4.55. The summed E-state index contributed by atoms with van der Waals surface area (Å²) in [5.41, 5.74) is -0.950. The van der Waals surface area contributed by atoms with Crippen LogP contribution in [-0.4, -0.2) is 6.54 Å². The highest BCUT2D eigenvalue weighted by Crippen LogP contribution is 2.31. The van der Waals surface area contributed by atoms with E-state index in [4.69, 9.17) is 0 Å². The molecule has 84 valence electrons. The molecule has 0 aliphatic heterocycles. The third kappa shape index (κ3) is 3.11. The maximum atomic E-state index is 13.1. The van der Waals surface area contributed by atoms with Crippen molar-refractivity contribution in [1.29, 1.82) is 0 Å². The first-order chi connectivity index (χ1) is 6.95. The van der Waals surface area contributed by atoms with E-state index < -0.39 is 17.6 Å². The van der Waals surface area contributed by atoms with Gasteiger partial charge in [-0.3, -0.25) is 0 Å². The van der Waals surface area contributed by atoms with Crippen molar-refractivity contribution in [3.8, 4) is 0 Å². The fourth-order valence-electron chi connectivity index (χ4n) is 1.10. The minimum absolute atomic E-state index is 0.105. The first kappa shape index (κ1) is 11.8. The second-order valence-electron chi connectivity index (χ2n) is 3.12. The predicted molar refractivity (Wildman–Crippen MR) is 50.2 cm³/mol. The topological polar surface area (TPSA) is 12.0 Å². The number of alkyl halides is 3. The Hall–Kier alpha value is -1.26. The Morgan fingerprint density at radius 3 is 2.47 bits per heavy atom. The summed E-state index contributed by atoms with van der Waals surface area (Å²) in [7, 11) is 0. The smallest absolute Gasteiger partial charge is 0.383 e. The molecule has 0 saturated heterocycles. The SMILES string of the molecule is CCCNc1cc(C(F)(F)F)ccc1F. The molecule has 0 radical (unpaired) electrons. The zero-order valence-electron chi connectivity index (χ0n) is 8.16. The van der Waals surface area contributed by atoms with Gasteiger partial charge in [0, 0.05) is 6.54 Å². The van der Waals surface area contributed by atoms with Crippen LogP contribution in [0.3, 0.4) is 0 Å². The van der Waals surface area contributed by atoms with Gasteiger partial charge >= 0.3 is 6.18 Å². The summed E-state index contributed by atoms with van der Waals surface area (Å²) >= 11 is 0. The van der Waals surface area contributed by atoms with Crippen molar-refractivity contribution in [2.24, 2.45) is 0 Å². The molecule has 0 atom stereocenters. The number of nitrogens with one attached hydrogen (secondary N) is 1. The molecule has 1 rings (SSSR count). The molecule has 0 aliphatic carbocycles. The first-order valence-electron chi connectivity index (χ1n) is 4.55. The van der Waals surface area contributed by atoms with Crippen LogP contribution in [0.25, 0.3) is 0 Å². The molecule has 15 heavy (non-hydrogen) atoms. The van der Waals surface area contributed by atoms with Gasteiger partial charge in [-0.25, -0.2) is 4.39 Å². The molecule has 0 unspecified atom stereocenters. The van der Waals surface area contributed by atoms with Crippen LogP contribution in [-0.2, 0) is 6.18 Å². The van der Waals surface area contributed by atoms with E-state index in [1.807, 2.05) is 6.92 Å². The zero-order chi connectivity index (χ0) is 11.5. The van der Waals surface area contributed by atoms with Gasteiger partial charge in [-0.2, -0.15) is 13.2 Å². The second kappa shape index (κ2) is 4.51. The van der Waals surface area contributed by atoms with Gasteiger partial charge in [-0.05, 0) is 24.6 Å². The molecule has 1 N–H and O–H groups in total. The maximum absolute atomic E-state index is 13.1. The van der Waals surface area contributed by atoms with Crippen LogP contribution in [0.15, 0.2) is 18.2 Å². The Bertz CT molecular complexity index is 333. The fourth-order valence-corrected chi connectivity index (χ4v) is 1.10. The molecule has 1 aromatic carbocycles. The Morgan fingerprint density at radius 1 is 1.27 bits per heavy atom. The number of rotatable bonds is 3. The van der Waals surface area contributed by atoms with Crippen LogP contribution in [0.2, 0.25) is 0 Å². The van der Waals surface area contributed by atoms with Crippen LogP contribution in [0, 0.1) is 5.82 Å². The molecule has 5 heteroatoms. The van der Waals surface area contributed by atoms with Crippen LogP contribution in [0.5, 0.6) is 0 Å². The largest absolute Gasteiger partial charge is 0.416 e. The summed E-state index contributed by atoms with van der Waals surface area (Å²) in [5, 5.41) is 2.60. The number of anilines is 1. The van der Waals surface area contributed by atoms with Gasteiger partial charge in [0.15, 0.2) is 0 Å². The Kier molecular flexibility index (Phi) is 3.55. The summed E-state index contributed by atoms with van der Waals surface area (Å²) in [6.07, 6.45) is -3.72. The lowest BCUT2D eigenvalue weighted by atomic mass is 10.2. The summed E-state index contributed by atoms with van der Waals surface area (Å²) in [6, 6.07) is 2.33. The molecular formula is C10H11F4N. The Balaban J connectivity index is 2.95. The minimum Gasteiger partial charge on any atom is -0.383 e. The average molecular weight is 221 g/mol. The highest BCUT2D eigenvalue weighted by molar-refractivity contribution is 5.47. The quantitative estimate of drug-likeness (QED) is 0.768. The van der Waals surface area contributed by atoms with Crippen LogP contribution >= 0.6 is 0 Å². The number of benzene rings is 1. The lowest BCUT2D eigenvalue weighted by molar-refractivity contribution is -0.137. The monoisotopic (exact) mass is 221 g/mol. The molecule has 0 fully saturated rings. The van der Waals surface area contributed by atoms with Crippen molar-refractivity contribution in [2.75, 3.05) is 11.9 Å². The van der Waals surface area contributed by atoms with Gasteiger partial charge in [0.05, 0.1) is 11.3 Å². The van der Waals surface area contributed by atoms with Gasteiger partial charge in [0.2, 0.25) is 0 Å². The van der Waals surface area contributed by atoms with E-state index in [9.17, 15) is 17.6 Å². The summed E-state index contributed by atoms with van der Waals surface area (Å²) < 4.78 is 49.9. The van der Waals surface area contributed by atoms with Gasteiger partial charge in [-0.15, -0.1) is 0 Å². The van der Waals surface area contributed by atoms with Gasteiger partial charge in [-0.1, -0.05) is 6.92 Å². The standard InChI is InChI=1S/C10H11F4N/c1-2-5-15-9-6-7(10(12,13)14)3-4-8(9)11/h3-4,6,15H,2,5H2,1H3. The van der Waals surface area contributed by atoms with Crippen molar-refractivity contribution >= 4 is 5.69 Å². The summed E-state index contributed by atoms with van der Waals surface area (Å²) in [5.74, 6) is -0.670. The van der Waals surface area contributed by atoms with Crippen molar-refractivity contribution in [1.82, 2.24) is 0 Å². The lowest BCUT2D eigenvalue weighted by Gasteiger charge is -2.10. The summed E-state index contributed by atoms with van der Waals surface area (Å²) in [4.78, 5) is 0. The third-order valence-corrected chi connectivity index (χ3v) is 1.86. The predicted octanol–water partition coefficient (Wildman–Crippen LogP) is 3.67. The van der Waals surface area contributed by atoms with Crippen LogP contribution in [0.4, 0.5) is 23.2 Å². The van der Waals surface area contributed by atoms with Crippen molar-refractivity contribution in [3.05, 3.63) is 29.6 Å². The highest BCUT2D eigenvalue weighted by atomic mass is 19.4. The molecule has 0 saturated carbocycles. The van der Waals surface area contributed by atoms with Gasteiger partial charge in [0.25, 0.3) is 0 Å². The second-order valence-corrected chi connectivity index (χ2v) is 3.12. The molecule has 0 aliphatic rings. The lowest BCUT2D eigenvalue weighted by Crippen LogP contribution is -2.08. The molecule has 1 aromatic rings. The van der Waals surface area contributed by atoms with E-state index >= 15 is 0 Å². The van der Waals surface area contributed by atoms with Gasteiger partial charge < -0.3 is 5.32 Å². The minimum atomic E-state index is -4.43. The molecule has 0 amide bonds. The zero-order valence-corrected chi connectivity index (χ0v) is 8.16. The average Bonchev–Trinajstić information content (AvgIpc) is 2.15. The normalized spacial score (nSPS) is 11.5. The van der Waals surface area contributed by atoms with E-state index in [0.717, 1.165) is 24.6 Å². The molecular weight excluding hydrogens is 210 g/mol. The van der Waals surface area contributed by atoms with Crippen molar-refractivity contribution in [2.45, 2.75) is 19.5 Å². The number of halogens is 4. The van der Waals surface area contributed by atoms with Crippen molar-refractivity contribution in [3.63, 3.8) is 0 Å². The van der Waals surface area contributed by atoms with E-state index in [0.29, 0.717) is 6.54 Å². The van der Waals surface area contributed by atoms with Crippen LogP contribution in [0.1, 0.15) is 18.9 Å². The summed E-state index contributed by atoms with van der Waals surface area (Å²) in [6.45, 7) is 2.29. The van der Waals surface area contributed by atoms with E-state index in [1.54, 1.807) is 0 Å². The maximum Gasteiger partial charge on any atom is 0.416 e. The molecule has 1 nitrogen and oxygen atoms in total. The number of hydrogen-bond donors (Lipinski definition) is 1. The van der Waals surface area contributed by atoms with E-state index in [-0.39, 0.29) is 5.69 Å². The molecule has 0 aromatic heterocycles. The van der Waals surface area contributed by atoms with Gasteiger partial charge in [0.1, 0.15) is 5.82 Å². The Morgan fingerprint density at radius 2 is 1.93 bits per heavy atom. The number of hydrogen-bond acceptors (Lipinski definition) is 1. The van der Waals surface area contributed by atoms with Crippen LogP contribution < -0.4 is 5.32 Å². The highest BCUT2D eigenvalue weighted by Gasteiger charge is 2.31. The fraction of sp³-hybridized carbons (Fsp3) is 0.400. The molecule has 0 bridgehead atoms. The van der Waals surface area contributed by atoms with Crippen molar-refractivity contribution < 1.29 is 17.6 Å². The van der Waals surface area contributed by atoms with E-state index in [2.05, 4.69) is 5.32 Å². The third-order valence-electron chi connectivity index (χ3n) is 1.86. The molecule has 0 heterocycles. The molecule has 0 spiro atoms.